The molecular weight excluding hydrogens is 231 g/mol. The highest BCUT2D eigenvalue weighted by molar-refractivity contribution is 5.19. The number of ether oxygens (including phenoxy) is 1. The highest BCUT2D eigenvalue weighted by Gasteiger charge is 2.37. The molecule has 0 spiro atoms. The Balaban J connectivity index is 2.05. The van der Waals surface area contributed by atoms with Gasteiger partial charge in [0.2, 0.25) is 0 Å². The first kappa shape index (κ1) is 13.5. The van der Waals surface area contributed by atoms with Crippen molar-refractivity contribution < 1.29 is 9.13 Å². The maximum Gasteiger partial charge on any atom is 0.126 e. The number of benzene rings is 1. The maximum absolute atomic E-state index is 13.6. The first-order chi connectivity index (χ1) is 8.76. The van der Waals surface area contributed by atoms with Crippen LogP contribution in [-0.2, 0) is 11.2 Å². The van der Waals surface area contributed by atoms with Crippen molar-refractivity contribution >= 4 is 0 Å². The second kappa shape index (κ2) is 6.27. The molecule has 1 saturated carbocycles. The van der Waals surface area contributed by atoms with E-state index in [0.717, 1.165) is 0 Å². The predicted octanol–water partition coefficient (Wildman–Crippen LogP) is 2.02. The number of hydrogen-bond acceptors (Lipinski definition) is 3. The summed E-state index contributed by atoms with van der Waals surface area (Å²) in [5, 5.41) is 0. The van der Waals surface area contributed by atoms with Crippen molar-refractivity contribution in [2.45, 2.75) is 38.3 Å². The number of hydrogen-bond donors (Lipinski definition) is 2. The van der Waals surface area contributed by atoms with Crippen LogP contribution in [0.15, 0.2) is 24.3 Å². The largest absolute Gasteiger partial charge is 0.377 e. The molecule has 100 valence electrons. The van der Waals surface area contributed by atoms with E-state index in [2.05, 4.69) is 5.43 Å². The maximum atomic E-state index is 13.6. The molecule has 0 bridgehead atoms. The topological polar surface area (TPSA) is 47.3 Å². The summed E-state index contributed by atoms with van der Waals surface area (Å²) in [5.41, 5.74) is 3.48. The van der Waals surface area contributed by atoms with Crippen molar-refractivity contribution in [3.05, 3.63) is 35.6 Å². The molecule has 1 fully saturated rings. The van der Waals surface area contributed by atoms with Gasteiger partial charge in [0, 0.05) is 6.61 Å². The zero-order valence-corrected chi connectivity index (χ0v) is 10.7. The van der Waals surface area contributed by atoms with E-state index in [1.807, 2.05) is 13.0 Å². The van der Waals surface area contributed by atoms with E-state index in [4.69, 9.17) is 10.6 Å². The van der Waals surface area contributed by atoms with Crippen molar-refractivity contribution in [3.63, 3.8) is 0 Å². The fourth-order valence-electron chi connectivity index (χ4n) is 2.37. The summed E-state index contributed by atoms with van der Waals surface area (Å²) in [4.78, 5) is 0. The van der Waals surface area contributed by atoms with Gasteiger partial charge in [0.1, 0.15) is 5.82 Å². The van der Waals surface area contributed by atoms with Gasteiger partial charge in [-0.3, -0.25) is 11.3 Å². The summed E-state index contributed by atoms with van der Waals surface area (Å²) in [6.07, 6.45) is 3.00. The van der Waals surface area contributed by atoms with Gasteiger partial charge in [-0.2, -0.15) is 0 Å². The first-order valence-corrected chi connectivity index (χ1v) is 6.57. The lowest BCUT2D eigenvalue weighted by molar-refractivity contribution is 0.0190. The zero-order valence-electron chi connectivity index (χ0n) is 10.7. The van der Waals surface area contributed by atoms with Gasteiger partial charge in [-0.25, -0.2) is 4.39 Å². The summed E-state index contributed by atoms with van der Waals surface area (Å²) in [5.74, 6) is 6.01. The van der Waals surface area contributed by atoms with E-state index in [0.29, 0.717) is 24.5 Å². The third-order valence-corrected chi connectivity index (χ3v) is 3.45. The van der Waals surface area contributed by atoms with Crippen molar-refractivity contribution in [1.82, 2.24) is 5.43 Å². The van der Waals surface area contributed by atoms with Gasteiger partial charge in [0.15, 0.2) is 0 Å². The summed E-state index contributed by atoms with van der Waals surface area (Å²) >= 11 is 0. The molecule has 0 radical (unpaired) electrons. The summed E-state index contributed by atoms with van der Waals surface area (Å²) in [6, 6.07) is 6.80. The highest BCUT2D eigenvalue weighted by Crippen LogP contribution is 2.36. The van der Waals surface area contributed by atoms with E-state index in [1.165, 1.54) is 18.9 Å². The SMILES string of the molecule is CCOC(C1CC1)C(Cc1ccccc1F)NN. The third-order valence-electron chi connectivity index (χ3n) is 3.45. The molecule has 3 nitrogen and oxygen atoms in total. The van der Waals surface area contributed by atoms with Crippen molar-refractivity contribution in [2.24, 2.45) is 11.8 Å². The average Bonchev–Trinajstić information content (AvgIpc) is 3.20. The van der Waals surface area contributed by atoms with Gasteiger partial charge in [-0.15, -0.1) is 0 Å². The number of rotatable bonds is 7. The summed E-state index contributed by atoms with van der Waals surface area (Å²) in [6.45, 7) is 2.64. The van der Waals surface area contributed by atoms with Crippen LogP contribution >= 0.6 is 0 Å². The van der Waals surface area contributed by atoms with E-state index < -0.39 is 0 Å². The van der Waals surface area contributed by atoms with Gasteiger partial charge in [0.25, 0.3) is 0 Å². The van der Waals surface area contributed by atoms with Gasteiger partial charge in [-0.05, 0) is 43.7 Å². The van der Waals surface area contributed by atoms with Crippen LogP contribution in [0.4, 0.5) is 4.39 Å². The Morgan fingerprint density at radius 1 is 1.44 bits per heavy atom. The third kappa shape index (κ3) is 3.28. The Morgan fingerprint density at radius 2 is 2.17 bits per heavy atom. The van der Waals surface area contributed by atoms with E-state index in [1.54, 1.807) is 12.1 Å². The Labute approximate surface area is 107 Å². The molecule has 4 heteroatoms. The van der Waals surface area contributed by atoms with Gasteiger partial charge >= 0.3 is 0 Å². The second-order valence-corrected chi connectivity index (χ2v) is 4.83. The van der Waals surface area contributed by atoms with Crippen LogP contribution in [0.3, 0.4) is 0 Å². The molecule has 0 heterocycles. The van der Waals surface area contributed by atoms with Crippen LogP contribution in [0.2, 0.25) is 0 Å². The Hall–Kier alpha value is -0.970. The molecule has 0 aliphatic heterocycles. The number of hydrazine groups is 1. The van der Waals surface area contributed by atoms with Crippen LogP contribution in [0.25, 0.3) is 0 Å². The minimum atomic E-state index is -0.177. The Kier molecular flexibility index (Phi) is 4.69. The minimum absolute atomic E-state index is 0.0330. The molecule has 0 saturated heterocycles. The lowest BCUT2D eigenvalue weighted by atomic mass is 9.98. The molecule has 1 aliphatic carbocycles. The molecule has 0 aromatic heterocycles. The molecule has 0 amide bonds. The molecule has 1 aromatic rings. The zero-order chi connectivity index (χ0) is 13.0. The predicted molar refractivity (Wildman–Crippen MR) is 69.4 cm³/mol. The minimum Gasteiger partial charge on any atom is -0.377 e. The number of nitrogens with one attached hydrogen (secondary N) is 1. The second-order valence-electron chi connectivity index (χ2n) is 4.83. The standard InChI is InChI=1S/C14H21FN2O/c1-2-18-14(10-7-8-10)13(17-16)9-11-5-3-4-6-12(11)15/h3-6,10,13-14,17H,2,7-9,16H2,1H3. The quantitative estimate of drug-likeness (QED) is 0.576. The lowest BCUT2D eigenvalue weighted by Gasteiger charge is -2.26. The molecule has 18 heavy (non-hydrogen) atoms. The molecule has 2 rings (SSSR count). The summed E-state index contributed by atoms with van der Waals surface area (Å²) < 4.78 is 19.4. The molecule has 1 aromatic carbocycles. The molecular formula is C14H21FN2O. The van der Waals surface area contributed by atoms with Gasteiger partial charge in [0.05, 0.1) is 12.1 Å². The lowest BCUT2D eigenvalue weighted by Crippen LogP contribution is -2.47. The smallest absolute Gasteiger partial charge is 0.126 e. The van der Waals surface area contributed by atoms with E-state index in [-0.39, 0.29) is 18.0 Å². The molecule has 2 atom stereocenters. The Morgan fingerprint density at radius 3 is 2.72 bits per heavy atom. The fraction of sp³-hybridized carbons (Fsp3) is 0.571. The van der Waals surface area contributed by atoms with E-state index >= 15 is 0 Å². The fourth-order valence-corrected chi connectivity index (χ4v) is 2.37. The Bertz CT molecular complexity index is 382. The van der Waals surface area contributed by atoms with Crippen LogP contribution < -0.4 is 11.3 Å². The monoisotopic (exact) mass is 252 g/mol. The van der Waals surface area contributed by atoms with Gasteiger partial charge in [-0.1, -0.05) is 18.2 Å². The van der Waals surface area contributed by atoms with Crippen molar-refractivity contribution in [3.8, 4) is 0 Å². The number of halogens is 1. The van der Waals surface area contributed by atoms with Crippen LogP contribution in [0.5, 0.6) is 0 Å². The van der Waals surface area contributed by atoms with Gasteiger partial charge < -0.3 is 4.74 Å². The molecule has 3 N–H and O–H groups in total. The average molecular weight is 252 g/mol. The van der Waals surface area contributed by atoms with Crippen LogP contribution in [0, 0.1) is 11.7 Å². The van der Waals surface area contributed by atoms with Crippen molar-refractivity contribution in [1.29, 1.82) is 0 Å². The summed E-state index contributed by atoms with van der Waals surface area (Å²) in [7, 11) is 0. The van der Waals surface area contributed by atoms with E-state index in [9.17, 15) is 4.39 Å². The number of nitrogens with two attached hydrogens (primary N) is 1. The van der Waals surface area contributed by atoms with Crippen LogP contribution in [0.1, 0.15) is 25.3 Å². The first-order valence-electron chi connectivity index (χ1n) is 6.57. The normalized spacial score (nSPS) is 18.6. The molecule has 2 unspecified atom stereocenters. The van der Waals surface area contributed by atoms with Crippen LogP contribution in [-0.4, -0.2) is 18.8 Å². The highest BCUT2D eigenvalue weighted by atomic mass is 19.1. The van der Waals surface area contributed by atoms with Crippen molar-refractivity contribution in [2.75, 3.05) is 6.61 Å². The molecule has 1 aliphatic rings.